The fourth-order valence-corrected chi connectivity index (χ4v) is 6.45. The summed E-state index contributed by atoms with van der Waals surface area (Å²) >= 11 is 0. The van der Waals surface area contributed by atoms with Crippen molar-refractivity contribution in [3.05, 3.63) is 164 Å². The van der Waals surface area contributed by atoms with Crippen molar-refractivity contribution in [3.63, 3.8) is 0 Å². The summed E-state index contributed by atoms with van der Waals surface area (Å²) in [5.74, 6) is 1.86. The summed E-state index contributed by atoms with van der Waals surface area (Å²) in [6.07, 6.45) is 0. The van der Waals surface area contributed by atoms with Gasteiger partial charge >= 0.3 is 0 Å². The van der Waals surface area contributed by atoms with Crippen LogP contribution in [0.2, 0.25) is 0 Å². The van der Waals surface area contributed by atoms with E-state index in [9.17, 15) is 0 Å². The molecular weight excluding hydrogens is 574 g/mol. The van der Waals surface area contributed by atoms with Crippen molar-refractivity contribution in [1.82, 2.24) is 15.0 Å². The number of nitrogens with zero attached hydrogens (tertiary/aromatic N) is 3. The van der Waals surface area contributed by atoms with Gasteiger partial charge in [0.1, 0.15) is 11.2 Å². The molecule has 0 aliphatic rings. The lowest BCUT2D eigenvalue weighted by Gasteiger charge is -2.10. The van der Waals surface area contributed by atoms with E-state index in [1.165, 1.54) is 16.5 Å². The minimum Gasteiger partial charge on any atom is -0.456 e. The molecule has 0 saturated heterocycles. The van der Waals surface area contributed by atoms with Gasteiger partial charge < -0.3 is 4.42 Å². The second-order valence-electron chi connectivity index (χ2n) is 11.6. The Kier molecular flexibility index (Phi) is 6.43. The molecule has 9 rings (SSSR count). The predicted octanol–water partition coefficient (Wildman–Crippen LogP) is 11.3. The van der Waals surface area contributed by atoms with Crippen molar-refractivity contribution in [1.29, 1.82) is 0 Å². The lowest BCUT2D eigenvalue weighted by atomic mass is 9.93. The van der Waals surface area contributed by atoms with E-state index in [-0.39, 0.29) is 0 Å². The Morgan fingerprint density at radius 1 is 0.319 bits per heavy atom. The molecule has 2 heterocycles. The number of hydrogen-bond acceptors (Lipinski definition) is 4. The molecule has 9 aromatic rings. The molecule has 0 unspecified atom stereocenters. The van der Waals surface area contributed by atoms with Crippen molar-refractivity contribution in [2.24, 2.45) is 0 Å². The summed E-state index contributed by atoms with van der Waals surface area (Å²) in [5.41, 5.74) is 9.06. The van der Waals surface area contributed by atoms with Crippen LogP contribution in [0.1, 0.15) is 0 Å². The maximum atomic E-state index is 6.66. The SMILES string of the molecule is c1ccc(-c2cccc(-c3cc4oc5cc(-c6nc(-c7ccccc7)nc(-c7ccccc7)n6)ccc5c4c4ccccc34)c2)cc1. The Morgan fingerprint density at radius 3 is 1.51 bits per heavy atom. The molecule has 47 heavy (non-hydrogen) atoms. The topological polar surface area (TPSA) is 51.8 Å². The van der Waals surface area contributed by atoms with E-state index in [0.717, 1.165) is 55.1 Å². The maximum Gasteiger partial charge on any atom is 0.164 e. The highest BCUT2D eigenvalue weighted by molar-refractivity contribution is 6.22. The van der Waals surface area contributed by atoms with Gasteiger partial charge in [0, 0.05) is 27.5 Å². The zero-order valence-corrected chi connectivity index (χ0v) is 25.3. The predicted molar refractivity (Wildman–Crippen MR) is 192 cm³/mol. The van der Waals surface area contributed by atoms with Crippen molar-refractivity contribution >= 4 is 32.7 Å². The van der Waals surface area contributed by atoms with Crippen LogP contribution in [-0.4, -0.2) is 15.0 Å². The van der Waals surface area contributed by atoms with Crippen molar-refractivity contribution in [2.45, 2.75) is 0 Å². The third-order valence-corrected chi connectivity index (χ3v) is 8.72. The van der Waals surface area contributed by atoms with Gasteiger partial charge in [-0.1, -0.05) is 140 Å². The standard InChI is InChI=1S/C43H27N3O/c1-4-13-28(14-5-1)31-19-12-20-32(25-31)37-27-39-40(35-22-11-10-21-34(35)37)36-24-23-33(26-38(36)47-39)43-45-41(29-15-6-2-7-16-29)44-42(46-43)30-17-8-3-9-18-30/h1-27H. The van der Waals surface area contributed by atoms with E-state index in [0.29, 0.717) is 17.5 Å². The number of aromatic nitrogens is 3. The summed E-state index contributed by atoms with van der Waals surface area (Å²) < 4.78 is 6.66. The fourth-order valence-electron chi connectivity index (χ4n) is 6.45. The Morgan fingerprint density at radius 2 is 0.851 bits per heavy atom. The van der Waals surface area contributed by atoms with Gasteiger partial charge in [-0.05, 0) is 57.3 Å². The van der Waals surface area contributed by atoms with Gasteiger partial charge in [-0.25, -0.2) is 15.0 Å². The molecule has 220 valence electrons. The Bertz CT molecular complexity index is 2500. The Labute approximate surface area is 271 Å². The molecule has 0 aliphatic heterocycles. The summed E-state index contributed by atoms with van der Waals surface area (Å²) in [7, 11) is 0. The van der Waals surface area contributed by atoms with Crippen LogP contribution in [0.15, 0.2) is 168 Å². The first kappa shape index (κ1) is 27.0. The van der Waals surface area contributed by atoms with Crippen molar-refractivity contribution < 1.29 is 4.42 Å². The van der Waals surface area contributed by atoms with Gasteiger partial charge in [0.2, 0.25) is 0 Å². The largest absolute Gasteiger partial charge is 0.456 e. The minimum absolute atomic E-state index is 0.600. The minimum atomic E-state index is 0.600. The van der Waals surface area contributed by atoms with E-state index < -0.39 is 0 Å². The second kappa shape index (κ2) is 11.2. The molecule has 0 spiro atoms. The lowest BCUT2D eigenvalue weighted by Crippen LogP contribution is -2.00. The quantitative estimate of drug-likeness (QED) is 0.197. The number of rotatable bonds is 5. The van der Waals surface area contributed by atoms with Crippen molar-refractivity contribution in [2.75, 3.05) is 0 Å². The average molecular weight is 602 g/mol. The van der Waals surface area contributed by atoms with Crippen LogP contribution in [-0.2, 0) is 0 Å². The van der Waals surface area contributed by atoms with Crippen LogP contribution in [0.25, 0.3) is 89.1 Å². The first-order valence-electron chi connectivity index (χ1n) is 15.7. The molecule has 4 heteroatoms. The number of hydrogen-bond donors (Lipinski definition) is 0. The molecule has 2 aromatic heterocycles. The molecule has 0 radical (unpaired) electrons. The van der Waals surface area contributed by atoms with E-state index in [1.807, 2.05) is 66.7 Å². The molecule has 0 saturated carbocycles. The van der Waals surface area contributed by atoms with Crippen LogP contribution in [0.3, 0.4) is 0 Å². The zero-order chi connectivity index (χ0) is 31.2. The van der Waals surface area contributed by atoms with E-state index in [1.54, 1.807) is 0 Å². The summed E-state index contributed by atoms with van der Waals surface area (Å²) in [4.78, 5) is 14.7. The van der Waals surface area contributed by atoms with E-state index >= 15 is 0 Å². The first-order chi connectivity index (χ1) is 23.3. The number of benzene rings is 7. The number of furan rings is 1. The van der Waals surface area contributed by atoms with Crippen LogP contribution < -0.4 is 0 Å². The fraction of sp³-hybridized carbons (Fsp3) is 0. The monoisotopic (exact) mass is 601 g/mol. The van der Waals surface area contributed by atoms with Gasteiger partial charge in [0.15, 0.2) is 17.5 Å². The Hall–Kier alpha value is -6.39. The van der Waals surface area contributed by atoms with Crippen LogP contribution in [0.5, 0.6) is 0 Å². The first-order valence-corrected chi connectivity index (χ1v) is 15.7. The van der Waals surface area contributed by atoms with Gasteiger partial charge in [0.25, 0.3) is 0 Å². The van der Waals surface area contributed by atoms with Gasteiger partial charge in [0.05, 0.1) is 0 Å². The normalized spacial score (nSPS) is 11.4. The second-order valence-corrected chi connectivity index (χ2v) is 11.6. The number of fused-ring (bicyclic) bond motifs is 5. The van der Waals surface area contributed by atoms with Crippen molar-refractivity contribution in [3.8, 4) is 56.4 Å². The van der Waals surface area contributed by atoms with E-state index in [4.69, 9.17) is 19.4 Å². The molecule has 0 N–H and O–H groups in total. The summed E-state index contributed by atoms with van der Waals surface area (Å²) in [6, 6.07) is 56.4. The van der Waals surface area contributed by atoms with Crippen LogP contribution in [0.4, 0.5) is 0 Å². The van der Waals surface area contributed by atoms with Gasteiger partial charge in [-0.3, -0.25) is 0 Å². The average Bonchev–Trinajstić information content (AvgIpc) is 3.53. The molecule has 0 atom stereocenters. The molecule has 0 aliphatic carbocycles. The smallest absolute Gasteiger partial charge is 0.164 e. The molecule has 0 bridgehead atoms. The highest BCUT2D eigenvalue weighted by atomic mass is 16.3. The third-order valence-electron chi connectivity index (χ3n) is 8.72. The molecule has 4 nitrogen and oxygen atoms in total. The highest BCUT2D eigenvalue weighted by Crippen LogP contribution is 2.41. The molecular formula is C43H27N3O. The van der Waals surface area contributed by atoms with Gasteiger partial charge in [-0.15, -0.1) is 0 Å². The maximum absolute atomic E-state index is 6.66. The Balaban J connectivity index is 1.22. The highest BCUT2D eigenvalue weighted by Gasteiger charge is 2.18. The van der Waals surface area contributed by atoms with E-state index in [2.05, 4.69) is 97.1 Å². The summed E-state index contributed by atoms with van der Waals surface area (Å²) in [6.45, 7) is 0. The van der Waals surface area contributed by atoms with Crippen LogP contribution in [0, 0.1) is 0 Å². The third kappa shape index (κ3) is 4.84. The molecule has 0 fully saturated rings. The molecule has 7 aromatic carbocycles. The zero-order valence-electron chi connectivity index (χ0n) is 25.3. The lowest BCUT2D eigenvalue weighted by molar-refractivity contribution is 0.669. The summed E-state index contributed by atoms with van der Waals surface area (Å²) in [5, 5.41) is 4.52. The van der Waals surface area contributed by atoms with Crippen LogP contribution >= 0.6 is 0 Å². The molecule has 0 amide bonds. The van der Waals surface area contributed by atoms with Gasteiger partial charge in [-0.2, -0.15) is 0 Å².